The van der Waals surface area contributed by atoms with Crippen LogP contribution in [0.4, 0.5) is 17.6 Å². The number of benzene rings is 1. The van der Waals surface area contributed by atoms with Crippen LogP contribution in [-0.4, -0.2) is 43.9 Å². The van der Waals surface area contributed by atoms with Crippen molar-refractivity contribution < 1.29 is 22.3 Å². The van der Waals surface area contributed by atoms with Crippen LogP contribution in [-0.2, 0) is 6.54 Å². The maximum absolute atomic E-state index is 13.9. The van der Waals surface area contributed by atoms with Crippen molar-refractivity contribution in [2.24, 2.45) is 5.41 Å². The van der Waals surface area contributed by atoms with E-state index in [0.717, 1.165) is 38.2 Å². The zero-order valence-corrected chi connectivity index (χ0v) is 13.5. The molecule has 3 nitrogen and oxygen atoms in total. The molecule has 3 rings (SSSR count). The Morgan fingerprint density at radius 3 is 2.58 bits per heavy atom. The highest BCUT2D eigenvalue weighted by atomic mass is 19.4. The first-order valence-corrected chi connectivity index (χ1v) is 8.26. The summed E-state index contributed by atoms with van der Waals surface area (Å²) in [6.45, 7) is 3.22. The van der Waals surface area contributed by atoms with Gasteiger partial charge >= 0.3 is 6.18 Å². The predicted molar refractivity (Wildman–Crippen MR) is 82.4 cm³/mol. The zero-order chi connectivity index (χ0) is 17.2. The van der Waals surface area contributed by atoms with Crippen molar-refractivity contribution in [3.05, 3.63) is 29.6 Å². The van der Waals surface area contributed by atoms with Crippen molar-refractivity contribution in [2.45, 2.75) is 32.0 Å². The van der Waals surface area contributed by atoms with Gasteiger partial charge in [0.15, 0.2) is 18.2 Å². The second-order valence-corrected chi connectivity index (χ2v) is 6.88. The fraction of sp³-hybridized carbons (Fsp3) is 0.647. The molecule has 24 heavy (non-hydrogen) atoms. The average Bonchev–Trinajstić information content (AvgIpc) is 2.88. The fourth-order valence-corrected chi connectivity index (χ4v) is 3.71. The molecule has 2 heterocycles. The van der Waals surface area contributed by atoms with Gasteiger partial charge in [0.1, 0.15) is 0 Å². The molecule has 2 aliphatic rings. The van der Waals surface area contributed by atoms with Crippen LogP contribution in [0.25, 0.3) is 0 Å². The molecule has 2 saturated heterocycles. The number of halogens is 4. The topological polar surface area (TPSA) is 24.5 Å². The Balaban J connectivity index is 1.57. The first kappa shape index (κ1) is 17.5. The van der Waals surface area contributed by atoms with Crippen molar-refractivity contribution in [3.63, 3.8) is 0 Å². The van der Waals surface area contributed by atoms with Gasteiger partial charge in [-0.05, 0) is 62.0 Å². The highest BCUT2D eigenvalue weighted by Gasteiger charge is 2.38. The van der Waals surface area contributed by atoms with Crippen LogP contribution in [0.1, 0.15) is 24.8 Å². The number of nitrogens with zero attached hydrogens (tertiary/aromatic N) is 1. The Kier molecular flexibility index (Phi) is 5.01. The van der Waals surface area contributed by atoms with Crippen LogP contribution >= 0.6 is 0 Å². The smallest absolute Gasteiger partial charge is 0.422 e. The second kappa shape index (κ2) is 6.88. The molecule has 0 bridgehead atoms. The summed E-state index contributed by atoms with van der Waals surface area (Å²) < 4.78 is 54.8. The lowest BCUT2D eigenvalue weighted by molar-refractivity contribution is -0.153. The van der Waals surface area contributed by atoms with E-state index in [2.05, 4.69) is 15.0 Å². The van der Waals surface area contributed by atoms with Gasteiger partial charge in [-0.1, -0.05) is 6.07 Å². The highest BCUT2D eigenvalue weighted by molar-refractivity contribution is 5.29. The number of rotatable bonds is 4. The summed E-state index contributed by atoms with van der Waals surface area (Å²) in [5.74, 6) is -1.10. The molecular formula is C17H22F4N2O. The number of nitrogens with one attached hydrogen (secondary N) is 1. The molecule has 134 valence electrons. The number of alkyl halides is 3. The van der Waals surface area contributed by atoms with E-state index in [-0.39, 0.29) is 5.75 Å². The summed E-state index contributed by atoms with van der Waals surface area (Å²) in [4.78, 5) is 2.30. The molecule has 0 unspecified atom stereocenters. The Labute approximate surface area is 139 Å². The fourth-order valence-electron chi connectivity index (χ4n) is 3.71. The minimum absolute atomic E-state index is 0.354. The maximum Gasteiger partial charge on any atom is 0.422 e. The van der Waals surface area contributed by atoms with Gasteiger partial charge in [0.2, 0.25) is 0 Å². The molecule has 1 aromatic rings. The molecule has 1 spiro atoms. The Morgan fingerprint density at radius 2 is 1.92 bits per heavy atom. The molecule has 2 aliphatic heterocycles. The lowest BCUT2D eigenvalue weighted by Crippen LogP contribution is -2.38. The number of ether oxygens (including phenoxy) is 1. The maximum atomic E-state index is 13.9. The van der Waals surface area contributed by atoms with Crippen LogP contribution in [0.3, 0.4) is 0 Å². The van der Waals surface area contributed by atoms with Crippen molar-refractivity contribution in [1.82, 2.24) is 10.2 Å². The van der Waals surface area contributed by atoms with Gasteiger partial charge in [-0.2, -0.15) is 13.2 Å². The van der Waals surface area contributed by atoms with Gasteiger partial charge in [0.25, 0.3) is 0 Å². The van der Waals surface area contributed by atoms with E-state index in [1.54, 1.807) is 6.07 Å². The quantitative estimate of drug-likeness (QED) is 0.847. The minimum Gasteiger partial charge on any atom is -0.481 e. The van der Waals surface area contributed by atoms with E-state index < -0.39 is 18.6 Å². The van der Waals surface area contributed by atoms with Gasteiger partial charge < -0.3 is 10.1 Å². The van der Waals surface area contributed by atoms with Gasteiger partial charge in [-0.3, -0.25) is 4.90 Å². The molecule has 0 saturated carbocycles. The average molecular weight is 346 g/mol. The number of piperidine rings is 1. The van der Waals surface area contributed by atoms with E-state index in [0.29, 0.717) is 12.0 Å². The molecule has 1 N–H and O–H groups in total. The molecular weight excluding hydrogens is 324 g/mol. The monoisotopic (exact) mass is 346 g/mol. The highest BCUT2D eigenvalue weighted by Crippen LogP contribution is 2.39. The first-order chi connectivity index (χ1) is 11.4. The van der Waals surface area contributed by atoms with E-state index >= 15 is 0 Å². The van der Waals surface area contributed by atoms with Gasteiger partial charge in [-0.25, -0.2) is 4.39 Å². The van der Waals surface area contributed by atoms with Crippen LogP contribution < -0.4 is 10.1 Å². The molecule has 2 fully saturated rings. The Hall–Kier alpha value is -1.34. The van der Waals surface area contributed by atoms with E-state index in [1.807, 2.05) is 0 Å². The third-order valence-electron chi connectivity index (χ3n) is 4.98. The Bertz CT molecular complexity index is 570. The van der Waals surface area contributed by atoms with Crippen LogP contribution in [0, 0.1) is 11.2 Å². The summed E-state index contributed by atoms with van der Waals surface area (Å²) in [7, 11) is 0. The molecule has 0 aromatic heterocycles. The van der Waals surface area contributed by atoms with Crippen molar-refractivity contribution in [1.29, 1.82) is 0 Å². The van der Waals surface area contributed by atoms with Crippen LogP contribution in [0.15, 0.2) is 18.2 Å². The summed E-state index contributed by atoms with van der Waals surface area (Å²) >= 11 is 0. The van der Waals surface area contributed by atoms with Gasteiger partial charge in [-0.15, -0.1) is 0 Å². The number of likely N-dealkylation sites (tertiary alicyclic amines) is 1. The molecule has 0 atom stereocenters. The van der Waals surface area contributed by atoms with E-state index in [9.17, 15) is 17.6 Å². The number of hydrogen-bond acceptors (Lipinski definition) is 3. The first-order valence-electron chi connectivity index (χ1n) is 8.26. The van der Waals surface area contributed by atoms with Crippen LogP contribution in [0.2, 0.25) is 0 Å². The zero-order valence-electron chi connectivity index (χ0n) is 13.5. The molecule has 0 aliphatic carbocycles. The molecule has 1 aromatic carbocycles. The van der Waals surface area contributed by atoms with Gasteiger partial charge in [0.05, 0.1) is 0 Å². The van der Waals surface area contributed by atoms with E-state index in [4.69, 9.17) is 0 Å². The molecule has 7 heteroatoms. The lowest BCUT2D eigenvalue weighted by Gasteiger charge is -2.33. The summed E-state index contributed by atoms with van der Waals surface area (Å²) in [6, 6.07) is 4.20. The normalized spacial score (nSPS) is 21.3. The predicted octanol–water partition coefficient (Wildman–Crippen LogP) is 3.34. The Morgan fingerprint density at radius 1 is 1.17 bits per heavy atom. The number of hydrogen-bond donors (Lipinski definition) is 1. The summed E-state index contributed by atoms with van der Waals surface area (Å²) in [5, 5.41) is 3.37. The summed E-state index contributed by atoms with van der Waals surface area (Å²) in [5.41, 5.74) is 1.14. The minimum atomic E-state index is -4.47. The van der Waals surface area contributed by atoms with Crippen molar-refractivity contribution >= 4 is 0 Å². The molecule has 0 radical (unpaired) electrons. The lowest BCUT2D eigenvalue weighted by atomic mass is 9.78. The standard InChI is InChI=1S/C17H22F4N2O/c18-14-9-13(1-2-15(14)24-12-17(19,20)21)10-23-8-5-16(11-23)3-6-22-7-4-16/h1-2,9,22H,3-8,10-12H2. The van der Waals surface area contributed by atoms with E-state index in [1.165, 1.54) is 25.0 Å². The SMILES string of the molecule is Fc1cc(CN2CCC3(CCNCC3)C2)ccc1OCC(F)(F)F. The second-order valence-electron chi connectivity index (χ2n) is 6.88. The van der Waals surface area contributed by atoms with Gasteiger partial charge in [0, 0.05) is 13.1 Å². The largest absolute Gasteiger partial charge is 0.481 e. The van der Waals surface area contributed by atoms with Crippen molar-refractivity contribution in [2.75, 3.05) is 32.8 Å². The molecule has 0 amide bonds. The third-order valence-corrected chi connectivity index (χ3v) is 4.98. The summed E-state index contributed by atoms with van der Waals surface area (Å²) in [6.07, 6.45) is -0.974. The third kappa shape index (κ3) is 4.39. The van der Waals surface area contributed by atoms with Crippen molar-refractivity contribution in [3.8, 4) is 5.75 Å². The van der Waals surface area contributed by atoms with Crippen LogP contribution in [0.5, 0.6) is 5.75 Å².